The Bertz CT molecular complexity index is 1010. The average Bonchev–Trinajstić information content (AvgIpc) is 3.61. The molecular formula is C26H34F9N3O8. The van der Waals surface area contributed by atoms with E-state index in [0.717, 1.165) is 51.4 Å². The van der Waals surface area contributed by atoms with E-state index in [0.29, 0.717) is 12.1 Å². The molecule has 0 spiro atoms. The minimum Gasteiger partial charge on any atom is -0.475 e. The predicted octanol–water partition coefficient (Wildman–Crippen LogP) is 4.22. The van der Waals surface area contributed by atoms with Gasteiger partial charge in [-0.15, -0.1) is 0 Å². The van der Waals surface area contributed by atoms with Gasteiger partial charge in [0, 0.05) is 31.9 Å². The van der Waals surface area contributed by atoms with Crippen molar-refractivity contribution in [3.05, 3.63) is 30.1 Å². The van der Waals surface area contributed by atoms with E-state index in [2.05, 4.69) is 26.9 Å². The molecule has 3 aliphatic heterocycles. The second kappa shape index (κ2) is 18.8. The van der Waals surface area contributed by atoms with E-state index in [1.807, 2.05) is 12.3 Å². The van der Waals surface area contributed by atoms with Gasteiger partial charge in [-0.1, -0.05) is 6.07 Å². The third kappa shape index (κ3) is 16.4. The van der Waals surface area contributed by atoms with Gasteiger partial charge in [-0.05, 0) is 57.3 Å². The summed E-state index contributed by atoms with van der Waals surface area (Å²) in [5, 5.41) is 21.4. The standard InChI is InChI=1S/C20H31N3O2.3C2HF3O2/c1-2-9-21-17(5-1)15-23-12-8-20-19(23)7-6-18(25-20)16-24-14-13-22-10-3-4-11-22;3*3-2(4,5)1(6)7/h1-2,5,9,18-20H,3-4,6-8,10-16H2;3*(H,6,7)/t18-,19+,20+;;;/m1.../s1. The van der Waals surface area contributed by atoms with Gasteiger partial charge in [-0.2, -0.15) is 39.5 Å². The fourth-order valence-electron chi connectivity index (χ4n) is 4.52. The molecule has 0 aliphatic carbocycles. The van der Waals surface area contributed by atoms with E-state index in [1.54, 1.807) is 0 Å². The second-order valence-electron chi connectivity index (χ2n) is 10.1. The van der Waals surface area contributed by atoms with Gasteiger partial charge in [-0.3, -0.25) is 9.88 Å². The molecule has 3 aliphatic rings. The van der Waals surface area contributed by atoms with Crippen LogP contribution in [0.2, 0.25) is 0 Å². The van der Waals surface area contributed by atoms with Gasteiger partial charge in [0.2, 0.25) is 0 Å². The number of alkyl halides is 9. The summed E-state index contributed by atoms with van der Waals surface area (Å²) in [4.78, 5) is 36.2. The maximum absolute atomic E-state index is 10.6. The first-order valence-corrected chi connectivity index (χ1v) is 13.7. The summed E-state index contributed by atoms with van der Waals surface area (Å²) in [7, 11) is 0. The van der Waals surface area contributed by atoms with E-state index in [4.69, 9.17) is 39.2 Å². The number of halogens is 9. The number of carboxylic acid groups (broad SMARTS) is 3. The highest BCUT2D eigenvalue weighted by atomic mass is 19.4. The fraction of sp³-hybridized carbons (Fsp3) is 0.692. The zero-order valence-electron chi connectivity index (χ0n) is 24.2. The smallest absolute Gasteiger partial charge is 0.475 e. The maximum Gasteiger partial charge on any atom is 0.490 e. The van der Waals surface area contributed by atoms with Gasteiger partial charge in [0.15, 0.2) is 0 Å². The minimum atomic E-state index is -5.08. The Morgan fingerprint density at radius 1 is 0.826 bits per heavy atom. The van der Waals surface area contributed by atoms with Crippen LogP contribution in [-0.4, -0.2) is 124 Å². The average molecular weight is 688 g/mol. The van der Waals surface area contributed by atoms with Crippen LogP contribution in [0.25, 0.3) is 0 Å². The van der Waals surface area contributed by atoms with E-state index in [-0.39, 0.29) is 6.10 Å². The van der Waals surface area contributed by atoms with Crippen LogP contribution < -0.4 is 0 Å². The monoisotopic (exact) mass is 687 g/mol. The zero-order valence-corrected chi connectivity index (χ0v) is 24.2. The molecule has 20 heteroatoms. The number of carbonyl (C=O) groups is 3. The molecule has 3 fully saturated rings. The van der Waals surface area contributed by atoms with Crippen molar-refractivity contribution >= 4 is 17.9 Å². The predicted molar refractivity (Wildman–Crippen MR) is 139 cm³/mol. The third-order valence-corrected chi connectivity index (χ3v) is 6.62. The Morgan fingerprint density at radius 2 is 1.35 bits per heavy atom. The van der Waals surface area contributed by atoms with Gasteiger partial charge < -0.3 is 29.7 Å². The molecular weight excluding hydrogens is 653 g/mol. The second-order valence-corrected chi connectivity index (χ2v) is 10.1. The number of hydrogen-bond acceptors (Lipinski definition) is 8. The van der Waals surface area contributed by atoms with Crippen molar-refractivity contribution < 1.29 is 78.7 Å². The lowest BCUT2D eigenvalue weighted by Crippen LogP contribution is -2.43. The molecule has 0 amide bonds. The van der Waals surface area contributed by atoms with Crippen molar-refractivity contribution in [3.8, 4) is 0 Å². The molecule has 3 saturated heterocycles. The van der Waals surface area contributed by atoms with E-state index < -0.39 is 36.4 Å². The van der Waals surface area contributed by atoms with Crippen LogP contribution in [-0.2, 0) is 30.4 Å². The number of ether oxygens (including phenoxy) is 2. The first kappa shape index (κ1) is 40.8. The highest BCUT2D eigenvalue weighted by Crippen LogP contribution is 2.32. The number of rotatable bonds is 7. The van der Waals surface area contributed by atoms with E-state index >= 15 is 0 Å². The fourth-order valence-corrected chi connectivity index (χ4v) is 4.52. The van der Waals surface area contributed by atoms with Crippen molar-refractivity contribution in [3.63, 3.8) is 0 Å². The van der Waals surface area contributed by atoms with Crippen LogP contribution in [0.1, 0.15) is 37.8 Å². The van der Waals surface area contributed by atoms with Crippen molar-refractivity contribution in [2.24, 2.45) is 0 Å². The van der Waals surface area contributed by atoms with Crippen LogP contribution >= 0.6 is 0 Å². The van der Waals surface area contributed by atoms with Gasteiger partial charge in [0.05, 0.1) is 31.1 Å². The summed E-state index contributed by atoms with van der Waals surface area (Å²) in [6, 6.07) is 6.73. The normalized spacial score (nSPS) is 21.8. The van der Waals surface area contributed by atoms with Crippen molar-refractivity contribution in [1.82, 2.24) is 14.8 Å². The van der Waals surface area contributed by atoms with Gasteiger partial charge in [0.25, 0.3) is 0 Å². The van der Waals surface area contributed by atoms with Crippen LogP contribution in [0, 0.1) is 0 Å². The Morgan fingerprint density at radius 3 is 1.80 bits per heavy atom. The molecule has 11 nitrogen and oxygen atoms in total. The molecule has 46 heavy (non-hydrogen) atoms. The summed E-state index contributed by atoms with van der Waals surface area (Å²) in [6.07, 6.45) is -6.52. The zero-order chi connectivity index (χ0) is 35.1. The molecule has 3 N–H and O–H groups in total. The molecule has 0 radical (unpaired) electrons. The number of fused-ring (bicyclic) bond motifs is 1. The molecule has 1 aromatic rings. The Kier molecular flexibility index (Phi) is 16.7. The van der Waals surface area contributed by atoms with Crippen molar-refractivity contribution in [2.75, 3.05) is 39.4 Å². The highest BCUT2D eigenvalue weighted by Gasteiger charge is 2.41. The van der Waals surface area contributed by atoms with E-state index in [1.165, 1.54) is 32.4 Å². The molecule has 4 heterocycles. The molecule has 1 aromatic heterocycles. The lowest BCUT2D eigenvalue weighted by Gasteiger charge is -2.36. The molecule has 4 rings (SSSR count). The third-order valence-electron chi connectivity index (χ3n) is 6.62. The lowest BCUT2D eigenvalue weighted by molar-refractivity contribution is -0.193. The highest BCUT2D eigenvalue weighted by molar-refractivity contribution is 5.73. The van der Waals surface area contributed by atoms with Crippen molar-refractivity contribution in [2.45, 2.75) is 75.4 Å². The molecule has 264 valence electrons. The molecule has 0 aromatic carbocycles. The Hall–Kier alpha value is -3.23. The molecule has 0 unspecified atom stereocenters. The minimum absolute atomic E-state index is 0.287. The summed E-state index contributed by atoms with van der Waals surface area (Å²) in [6.45, 7) is 7.25. The number of pyridine rings is 1. The molecule has 0 bridgehead atoms. The van der Waals surface area contributed by atoms with Crippen LogP contribution in [0.4, 0.5) is 39.5 Å². The quantitative estimate of drug-likeness (QED) is 0.280. The summed E-state index contributed by atoms with van der Waals surface area (Å²) in [5.74, 6) is -8.27. The number of likely N-dealkylation sites (tertiary alicyclic amines) is 2. The summed E-state index contributed by atoms with van der Waals surface area (Å²) in [5.41, 5.74) is 1.16. The first-order chi connectivity index (χ1) is 21.2. The van der Waals surface area contributed by atoms with Gasteiger partial charge >= 0.3 is 36.4 Å². The summed E-state index contributed by atoms with van der Waals surface area (Å²) >= 11 is 0. The molecule has 3 atom stereocenters. The number of carboxylic acids is 3. The van der Waals surface area contributed by atoms with Gasteiger partial charge in [-0.25, -0.2) is 14.4 Å². The van der Waals surface area contributed by atoms with Gasteiger partial charge in [0.1, 0.15) is 0 Å². The van der Waals surface area contributed by atoms with Crippen molar-refractivity contribution in [1.29, 1.82) is 0 Å². The number of nitrogens with zero attached hydrogens (tertiary/aromatic N) is 3. The van der Waals surface area contributed by atoms with Crippen LogP contribution in [0.15, 0.2) is 24.4 Å². The Labute approximate surface area is 256 Å². The maximum atomic E-state index is 10.6. The first-order valence-electron chi connectivity index (χ1n) is 13.7. The molecule has 0 saturated carbocycles. The van der Waals surface area contributed by atoms with Crippen LogP contribution in [0.5, 0.6) is 0 Å². The lowest BCUT2D eigenvalue weighted by atomic mass is 9.99. The number of aliphatic carboxylic acids is 3. The largest absolute Gasteiger partial charge is 0.490 e. The topological polar surface area (TPSA) is 150 Å². The Balaban J connectivity index is 0.000000413. The van der Waals surface area contributed by atoms with Crippen LogP contribution in [0.3, 0.4) is 0 Å². The number of aromatic nitrogens is 1. The summed E-state index contributed by atoms with van der Waals surface area (Å²) < 4.78 is 107. The number of hydrogen-bond donors (Lipinski definition) is 3. The van der Waals surface area contributed by atoms with E-state index in [9.17, 15) is 39.5 Å². The SMILES string of the molecule is O=C(O)C(F)(F)F.O=C(O)C(F)(F)F.O=C(O)C(F)(F)F.c1ccc(CN2CC[C@@H]3O[C@@H](COCCN4CCCC4)CC[C@@H]32)nc1.